The molecule has 1 rings (SSSR count). The van der Waals surface area contributed by atoms with Crippen LogP contribution in [0.2, 0.25) is 0 Å². The first-order chi connectivity index (χ1) is 8.79. The molecular weight excluding hydrogens is 284 g/mol. The summed E-state index contributed by atoms with van der Waals surface area (Å²) in [5, 5.41) is 8.94. The fourth-order valence-corrected chi connectivity index (χ4v) is 2.19. The standard InChI is InChI=1S/C12H12F4O2S/c13-10-4-2-1-3-8(10)7-9(11(17)18)5-6-19-12(14,15)16/h1-4,9H,5-7H2,(H,17,18). The zero-order valence-electron chi connectivity index (χ0n) is 9.78. The molecular formula is C12H12F4O2S. The van der Waals surface area contributed by atoms with E-state index in [0.717, 1.165) is 0 Å². The van der Waals surface area contributed by atoms with Gasteiger partial charge in [-0.25, -0.2) is 4.39 Å². The Kier molecular flexibility index (Phi) is 5.65. The van der Waals surface area contributed by atoms with E-state index in [2.05, 4.69) is 0 Å². The van der Waals surface area contributed by atoms with Crippen molar-refractivity contribution in [2.45, 2.75) is 18.3 Å². The molecule has 1 aromatic rings. The molecule has 1 atom stereocenters. The molecule has 0 aliphatic carbocycles. The second kappa shape index (κ2) is 6.79. The van der Waals surface area contributed by atoms with Crippen molar-refractivity contribution in [2.24, 2.45) is 5.92 Å². The highest BCUT2D eigenvalue weighted by Crippen LogP contribution is 2.31. The number of alkyl halides is 3. The van der Waals surface area contributed by atoms with E-state index in [1.807, 2.05) is 0 Å². The van der Waals surface area contributed by atoms with Gasteiger partial charge in [0.1, 0.15) is 5.82 Å². The molecule has 0 radical (unpaired) electrons. The lowest BCUT2D eigenvalue weighted by Crippen LogP contribution is -2.18. The number of aliphatic carboxylic acids is 1. The van der Waals surface area contributed by atoms with Crippen LogP contribution in [-0.4, -0.2) is 22.3 Å². The highest BCUT2D eigenvalue weighted by molar-refractivity contribution is 8.00. The zero-order chi connectivity index (χ0) is 14.5. The monoisotopic (exact) mass is 296 g/mol. The van der Waals surface area contributed by atoms with Gasteiger partial charge in [-0.2, -0.15) is 13.2 Å². The van der Waals surface area contributed by atoms with Gasteiger partial charge in [-0.05, 0) is 24.5 Å². The third kappa shape index (κ3) is 5.96. The minimum Gasteiger partial charge on any atom is -0.481 e. The largest absolute Gasteiger partial charge is 0.481 e. The van der Waals surface area contributed by atoms with Crippen LogP contribution in [0.4, 0.5) is 17.6 Å². The Bertz CT molecular complexity index is 434. The van der Waals surface area contributed by atoms with E-state index >= 15 is 0 Å². The molecule has 106 valence electrons. The van der Waals surface area contributed by atoms with E-state index in [-0.39, 0.29) is 35.9 Å². The van der Waals surface area contributed by atoms with Crippen molar-refractivity contribution in [1.82, 2.24) is 0 Å². The summed E-state index contributed by atoms with van der Waals surface area (Å²) in [7, 11) is 0. The fourth-order valence-electron chi connectivity index (χ4n) is 1.56. The molecule has 0 aliphatic heterocycles. The first-order valence-corrected chi connectivity index (χ1v) is 6.45. The summed E-state index contributed by atoms with van der Waals surface area (Å²) in [6.07, 6.45) is -0.270. The van der Waals surface area contributed by atoms with E-state index in [9.17, 15) is 22.4 Å². The van der Waals surface area contributed by atoms with Gasteiger partial charge in [0, 0.05) is 5.75 Å². The van der Waals surface area contributed by atoms with Gasteiger partial charge >= 0.3 is 11.5 Å². The summed E-state index contributed by atoms with van der Waals surface area (Å²) in [5.41, 5.74) is -4.17. The first-order valence-electron chi connectivity index (χ1n) is 5.46. The van der Waals surface area contributed by atoms with E-state index in [0.29, 0.717) is 0 Å². The summed E-state index contributed by atoms with van der Waals surface area (Å²) in [6.45, 7) is 0. The van der Waals surface area contributed by atoms with Gasteiger partial charge in [-0.15, -0.1) is 0 Å². The first kappa shape index (κ1) is 15.8. The SMILES string of the molecule is O=C(O)C(CCSC(F)(F)F)Cc1ccccc1F. The molecule has 0 fully saturated rings. The molecule has 19 heavy (non-hydrogen) atoms. The molecule has 7 heteroatoms. The highest BCUT2D eigenvalue weighted by Gasteiger charge is 2.29. The summed E-state index contributed by atoms with van der Waals surface area (Å²) >= 11 is -0.263. The maximum atomic E-state index is 13.3. The van der Waals surface area contributed by atoms with Gasteiger partial charge < -0.3 is 5.11 Å². The molecule has 0 aromatic heterocycles. The average molecular weight is 296 g/mol. The predicted octanol–water partition coefficient (Wildman–Crippen LogP) is 3.71. The summed E-state index contributed by atoms with van der Waals surface area (Å²) < 4.78 is 49.2. The third-order valence-corrected chi connectivity index (χ3v) is 3.27. The van der Waals surface area contributed by atoms with Gasteiger partial charge in [-0.3, -0.25) is 4.79 Å². The number of halogens is 4. The van der Waals surface area contributed by atoms with Crippen LogP contribution in [-0.2, 0) is 11.2 Å². The Morgan fingerprint density at radius 3 is 2.47 bits per heavy atom. The normalized spacial score (nSPS) is 13.3. The van der Waals surface area contributed by atoms with Crippen LogP contribution >= 0.6 is 11.8 Å². The number of benzene rings is 1. The second-order valence-electron chi connectivity index (χ2n) is 3.91. The van der Waals surface area contributed by atoms with Crippen LogP contribution < -0.4 is 0 Å². The lowest BCUT2D eigenvalue weighted by Gasteiger charge is -2.13. The number of hydrogen-bond donors (Lipinski definition) is 1. The maximum absolute atomic E-state index is 13.3. The van der Waals surface area contributed by atoms with Gasteiger partial charge in [0.25, 0.3) is 0 Å². The topological polar surface area (TPSA) is 37.3 Å². The molecule has 1 aromatic carbocycles. The van der Waals surface area contributed by atoms with Crippen molar-refractivity contribution in [2.75, 3.05) is 5.75 Å². The average Bonchev–Trinajstić information content (AvgIpc) is 2.28. The highest BCUT2D eigenvalue weighted by atomic mass is 32.2. The third-order valence-electron chi connectivity index (χ3n) is 2.51. The molecule has 0 saturated carbocycles. The van der Waals surface area contributed by atoms with Crippen molar-refractivity contribution in [3.63, 3.8) is 0 Å². The quantitative estimate of drug-likeness (QED) is 0.813. The molecule has 0 spiro atoms. The summed E-state index contributed by atoms with van der Waals surface area (Å²) in [6, 6.07) is 5.65. The van der Waals surface area contributed by atoms with Gasteiger partial charge in [-0.1, -0.05) is 30.0 Å². The van der Waals surface area contributed by atoms with Crippen LogP contribution in [0.25, 0.3) is 0 Å². The van der Waals surface area contributed by atoms with Gasteiger partial charge in [0.05, 0.1) is 5.92 Å². The maximum Gasteiger partial charge on any atom is 0.441 e. The lowest BCUT2D eigenvalue weighted by molar-refractivity contribution is -0.141. The van der Waals surface area contributed by atoms with Crippen LogP contribution in [0.3, 0.4) is 0 Å². The van der Waals surface area contributed by atoms with Crippen molar-refractivity contribution < 1.29 is 27.5 Å². The number of hydrogen-bond acceptors (Lipinski definition) is 2. The molecule has 0 bridgehead atoms. The molecule has 1 N–H and O–H groups in total. The number of carboxylic acids is 1. The summed E-state index contributed by atoms with van der Waals surface area (Å²) in [4.78, 5) is 11.0. The van der Waals surface area contributed by atoms with E-state index in [1.54, 1.807) is 6.07 Å². The number of carbonyl (C=O) groups is 1. The van der Waals surface area contributed by atoms with Crippen LogP contribution in [0.15, 0.2) is 24.3 Å². The Hall–Kier alpha value is -1.24. The Morgan fingerprint density at radius 2 is 1.95 bits per heavy atom. The summed E-state index contributed by atoms with van der Waals surface area (Å²) in [5.74, 6) is -3.13. The smallest absolute Gasteiger partial charge is 0.441 e. The molecule has 0 saturated heterocycles. The molecule has 2 nitrogen and oxygen atoms in total. The minimum atomic E-state index is -4.37. The number of thioether (sulfide) groups is 1. The number of carboxylic acid groups (broad SMARTS) is 1. The Labute approximate surface area is 111 Å². The fraction of sp³-hybridized carbons (Fsp3) is 0.417. The molecule has 0 aliphatic rings. The predicted molar refractivity (Wildman–Crippen MR) is 64.4 cm³/mol. The van der Waals surface area contributed by atoms with Crippen molar-refractivity contribution >= 4 is 17.7 Å². The Morgan fingerprint density at radius 1 is 1.32 bits per heavy atom. The van der Waals surface area contributed by atoms with Crippen LogP contribution in [0.1, 0.15) is 12.0 Å². The lowest BCUT2D eigenvalue weighted by atomic mass is 9.97. The van der Waals surface area contributed by atoms with Crippen LogP contribution in [0, 0.1) is 11.7 Å². The molecule has 0 amide bonds. The van der Waals surface area contributed by atoms with Gasteiger partial charge in [0.15, 0.2) is 0 Å². The second-order valence-corrected chi connectivity index (χ2v) is 5.07. The van der Waals surface area contributed by atoms with E-state index in [4.69, 9.17) is 5.11 Å². The molecule has 1 unspecified atom stereocenters. The Balaban J connectivity index is 2.59. The number of rotatable bonds is 6. The van der Waals surface area contributed by atoms with Crippen LogP contribution in [0.5, 0.6) is 0 Å². The van der Waals surface area contributed by atoms with Crippen molar-refractivity contribution in [3.8, 4) is 0 Å². The molecule has 0 heterocycles. The minimum absolute atomic E-state index is 0.111. The van der Waals surface area contributed by atoms with Crippen molar-refractivity contribution in [1.29, 1.82) is 0 Å². The van der Waals surface area contributed by atoms with E-state index in [1.165, 1.54) is 18.2 Å². The zero-order valence-corrected chi connectivity index (χ0v) is 10.6. The van der Waals surface area contributed by atoms with E-state index < -0.39 is 23.2 Å². The van der Waals surface area contributed by atoms with Crippen molar-refractivity contribution in [3.05, 3.63) is 35.6 Å². The van der Waals surface area contributed by atoms with Gasteiger partial charge in [0.2, 0.25) is 0 Å².